The van der Waals surface area contributed by atoms with Crippen LogP contribution in [0.2, 0.25) is 0 Å². The number of alkyl halides is 1. The van der Waals surface area contributed by atoms with Gasteiger partial charge in [0.25, 0.3) is 0 Å². The Morgan fingerprint density at radius 2 is 1.63 bits per heavy atom. The van der Waals surface area contributed by atoms with Crippen molar-refractivity contribution in [3.8, 4) is 19.5 Å². The predicted molar refractivity (Wildman–Crippen MR) is 86.0 cm³/mol. The van der Waals surface area contributed by atoms with E-state index in [1.807, 2.05) is 12.1 Å². The Labute approximate surface area is 128 Å². The van der Waals surface area contributed by atoms with Gasteiger partial charge in [-0.3, -0.25) is 4.79 Å². The zero-order valence-corrected chi connectivity index (χ0v) is 13.0. The van der Waals surface area contributed by atoms with Crippen molar-refractivity contribution in [3.63, 3.8) is 0 Å². The summed E-state index contributed by atoms with van der Waals surface area (Å²) in [6.45, 7) is 0. The van der Waals surface area contributed by atoms with Crippen molar-refractivity contribution in [2.75, 3.05) is 5.88 Å². The van der Waals surface area contributed by atoms with Crippen LogP contribution >= 0.6 is 45.6 Å². The van der Waals surface area contributed by atoms with E-state index >= 15 is 0 Å². The lowest BCUT2D eigenvalue weighted by molar-refractivity contribution is 0.102. The summed E-state index contributed by atoms with van der Waals surface area (Å²) in [5.41, 5.74) is 0. The number of hydrogen-bond donors (Lipinski definition) is 0. The van der Waals surface area contributed by atoms with Gasteiger partial charge < -0.3 is 0 Å². The van der Waals surface area contributed by atoms with Gasteiger partial charge in [-0.15, -0.1) is 45.6 Å². The number of rotatable bonds is 4. The first-order valence-corrected chi connectivity index (χ1v) is 8.66. The molecule has 0 fully saturated rings. The molecule has 0 saturated heterocycles. The standard InChI is InChI=1S/C14H9ClOS3/c15-8-9(16)10-3-4-13(18-10)14-6-5-12(19-14)11-2-1-7-17-11/h1-7H,8H2. The van der Waals surface area contributed by atoms with Gasteiger partial charge in [0.1, 0.15) is 0 Å². The molecule has 0 amide bonds. The van der Waals surface area contributed by atoms with Crippen LogP contribution in [0, 0.1) is 0 Å². The molecular weight excluding hydrogens is 316 g/mol. The average Bonchev–Trinajstić information content (AvgIpc) is 3.14. The molecule has 0 atom stereocenters. The molecule has 0 spiro atoms. The lowest BCUT2D eigenvalue weighted by Crippen LogP contribution is -1.95. The molecule has 96 valence electrons. The molecule has 3 aromatic rings. The van der Waals surface area contributed by atoms with E-state index in [2.05, 4.69) is 29.6 Å². The SMILES string of the molecule is O=C(CCl)c1ccc(-c2ccc(-c3cccs3)s2)s1. The fraction of sp³-hybridized carbons (Fsp3) is 0.0714. The highest BCUT2D eigenvalue weighted by molar-refractivity contribution is 7.26. The molecule has 0 aliphatic heterocycles. The molecule has 0 radical (unpaired) electrons. The summed E-state index contributed by atoms with van der Waals surface area (Å²) in [4.78, 5) is 17.1. The van der Waals surface area contributed by atoms with Gasteiger partial charge in [0.2, 0.25) is 0 Å². The highest BCUT2D eigenvalue weighted by Gasteiger charge is 2.11. The lowest BCUT2D eigenvalue weighted by Gasteiger charge is -1.91. The van der Waals surface area contributed by atoms with E-state index in [9.17, 15) is 4.79 Å². The van der Waals surface area contributed by atoms with Crippen LogP contribution in [-0.4, -0.2) is 11.7 Å². The largest absolute Gasteiger partial charge is 0.292 e. The molecule has 1 nitrogen and oxygen atoms in total. The van der Waals surface area contributed by atoms with E-state index in [0.717, 1.165) is 9.75 Å². The maximum absolute atomic E-state index is 11.5. The molecule has 3 rings (SSSR count). The molecule has 5 heteroatoms. The minimum Gasteiger partial charge on any atom is -0.292 e. The first-order chi connectivity index (χ1) is 9.28. The Bertz CT molecular complexity index is 694. The van der Waals surface area contributed by atoms with Crippen LogP contribution in [0.4, 0.5) is 0 Å². The highest BCUT2D eigenvalue weighted by atomic mass is 35.5. The molecule has 19 heavy (non-hydrogen) atoms. The van der Waals surface area contributed by atoms with Crippen LogP contribution < -0.4 is 0 Å². The first-order valence-electron chi connectivity index (χ1n) is 5.61. The molecule has 0 N–H and O–H groups in total. The van der Waals surface area contributed by atoms with Crippen LogP contribution in [0.25, 0.3) is 19.5 Å². The van der Waals surface area contributed by atoms with Crippen molar-refractivity contribution in [2.24, 2.45) is 0 Å². The van der Waals surface area contributed by atoms with Gasteiger partial charge in [-0.1, -0.05) is 6.07 Å². The highest BCUT2D eigenvalue weighted by Crippen LogP contribution is 2.39. The van der Waals surface area contributed by atoms with Crippen molar-refractivity contribution < 1.29 is 4.79 Å². The fourth-order valence-corrected chi connectivity index (χ4v) is 4.81. The summed E-state index contributed by atoms with van der Waals surface area (Å²) in [6.07, 6.45) is 0. The summed E-state index contributed by atoms with van der Waals surface area (Å²) in [7, 11) is 0. The molecule has 0 unspecified atom stereocenters. The number of carbonyl (C=O) groups excluding carboxylic acids is 1. The average molecular weight is 325 g/mol. The first kappa shape index (κ1) is 13.1. The van der Waals surface area contributed by atoms with E-state index < -0.39 is 0 Å². The maximum atomic E-state index is 11.5. The van der Waals surface area contributed by atoms with Gasteiger partial charge in [-0.05, 0) is 35.7 Å². The second kappa shape index (κ2) is 5.59. The van der Waals surface area contributed by atoms with Crippen LogP contribution in [0.3, 0.4) is 0 Å². The molecule has 0 aliphatic rings. The second-order valence-corrected chi connectivity index (χ2v) is 7.24. The van der Waals surface area contributed by atoms with Gasteiger partial charge in [0.15, 0.2) is 5.78 Å². The van der Waals surface area contributed by atoms with Crippen LogP contribution in [0.15, 0.2) is 41.8 Å². The number of ketones is 1. The normalized spacial score (nSPS) is 10.8. The summed E-state index contributed by atoms with van der Waals surface area (Å²) in [5.74, 6) is 0.0399. The summed E-state index contributed by atoms with van der Waals surface area (Å²) in [6, 6.07) is 12.3. The third-order valence-corrected chi connectivity index (χ3v) is 6.33. The smallest absolute Gasteiger partial charge is 0.187 e. The predicted octanol–water partition coefficient (Wildman–Crippen LogP) is 5.63. The number of hydrogen-bond acceptors (Lipinski definition) is 4. The van der Waals surface area contributed by atoms with Gasteiger partial charge in [0.05, 0.1) is 10.8 Å². The molecule has 3 aromatic heterocycles. The van der Waals surface area contributed by atoms with Gasteiger partial charge >= 0.3 is 0 Å². The van der Waals surface area contributed by atoms with Crippen molar-refractivity contribution in [1.29, 1.82) is 0 Å². The molecule has 0 bridgehead atoms. The van der Waals surface area contributed by atoms with E-state index in [-0.39, 0.29) is 11.7 Å². The van der Waals surface area contributed by atoms with Crippen molar-refractivity contribution in [2.45, 2.75) is 0 Å². The molecule has 0 aliphatic carbocycles. The molecule has 3 heterocycles. The minimum absolute atomic E-state index is 0.00652. The topological polar surface area (TPSA) is 17.1 Å². The van der Waals surface area contributed by atoms with Crippen LogP contribution in [-0.2, 0) is 0 Å². The third kappa shape index (κ3) is 2.67. The quantitative estimate of drug-likeness (QED) is 0.449. The lowest BCUT2D eigenvalue weighted by atomic mass is 10.3. The Kier molecular flexibility index (Phi) is 3.84. The summed E-state index contributed by atoms with van der Waals surface area (Å²) < 4.78 is 0. The Morgan fingerprint density at radius 3 is 2.32 bits per heavy atom. The molecular formula is C14H9ClOS3. The zero-order chi connectivity index (χ0) is 13.2. The van der Waals surface area contributed by atoms with Crippen LogP contribution in [0.5, 0.6) is 0 Å². The van der Waals surface area contributed by atoms with Crippen molar-refractivity contribution >= 4 is 51.4 Å². The Hall–Kier alpha value is -0.940. The number of thiophene rings is 3. The molecule has 0 saturated carbocycles. The van der Waals surface area contributed by atoms with Gasteiger partial charge in [-0.2, -0.15) is 0 Å². The van der Waals surface area contributed by atoms with E-state index in [1.165, 1.54) is 26.0 Å². The van der Waals surface area contributed by atoms with Gasteiger partial charge in [0, 0.05) is 19.5 Å². The van der Waals surface area contributed by atoms with Gasteiger partial charge in [-0.25, -0.2) is 0 Å². The Balaban J connectivity index is 1.91. The third-order valence-electron chi connectivity index (χ3n) is 2.62. The maximum Gasteiger partial charge on any atom is 0.187 e. The molecule has 0 aromatic carbocycles. The number of Topliss-reactive ketones (excluding diaryl/α,β-unsaturated/α-hetero) is 1. The van der Waals surface area contributed by atoms with E-state index in [1.54, 1.807) is 22.7 Å². The number of carbonyl (C=O) groups is 1. The van der Waals surface area contributed by atoms with Crippen LogP contribution in [0.1, 0.15) is 9.67 Å². The summed E-state index contributed by atoms with van der Waals surface area (Å²) >= 11 is 10.6. The van der Waals surface area contributed by atoms with E-state index in [4.69, 9.17) is 11.6 Å². The monoisotopic (exact) mass is 324 g/mol. The number of halogens is 1. The van der Waals surface area contributed by atoms with Crippen molar-refractivity contribution in [1.82, 2.24) is 0 Å². The van der Waals surface area contributed by atoms with Crippen molar-refractivity contribution in [3.05, 3.63) is 46.7 Å². The fourth-order valence-electron chi connectivity index (χ4n) is 1.71. The minimum atomic E-state index is -0.00652. The second-order valence-electron chi connectivity index (χ2n) is 3.86. The van der Waals surface area contributed by atoms with E-state index in [0.29, 0.717) is 0 Å². The Morgan fingerprint density at radius 1 is 0.947 bits per heavy atom. The zero-order valence-electron chi connectivity index (χ0n) is 9.76. The summed E-state index contributed by atoms with van der Waals surface area (Å²) in [5, 5.41) is 2.08.